The molecular formula is C24H29N3O. The molecule has 0 aliphatic carbocycles. The molecule has 0 radical (unpaired) electrons. The normalized spacial score (nSPS) is 17.5. The number of fused-ring (bicyclic) bond motifs is 1. The van der Waals surface area contributed by atoms with Crippen molar-refractivity contribution in [2.24, 2.45) is 0 Å². The summed E-state index contributed by atoms with van der Waals surface area (Å²) in [5.74, 6) is 0. The van der Waals surface area contributed by atoms with Crippen molar-refractivity contribution in [3.05, 3.63) is 78.5 Å². The van der Waals surface area contributed by atoms with Crippen molar-refractivity contribution in [3.63, 3.8) is 0 Å². The molecule has 146 valence electrons. The third-order valence-electron chi connectivity index (χ3n) is 5.50. The van der Waals surface area contributed by atoms with E-state index in [1.807, 2.05) is 6.07 Å². The number of aromatic nitrogens is 1. The summed E-state index contributed by atoms with van der Waals surface area (Å²) in [6.07, 6.45) is 6.17. The minimum atomic E-state index is -0.347. The number of rotatable bonds is 7. The molecule has 1 N–H and O–H groups in total. The van der Waals surface area contributed by atoms with Crippen molar-refractivity contribution in [1.29, 1.82) is 0 Å². The molecule has 28 heavy (non-hydrogen) atoms. The molecule has 1 atom stereocenters. The summed E-state index contributed by atoms with van der Waals surface area (Å²) in [4.78, 5) is 4.86. The predicted molar refractivity (Wildman–Crippen MR) is 116 cm³/mol. The molecule has 1 saturated heterocycles. The standard InChI is InChI=1S/C24H29N3O/c28-23(20-27-14-12-22-10-4-5-11-24(22)27)19-26-17-15-25(16-18-26)13-6-9-21-7-2-1-3-8-21/h1-12,14,23,28H,13,15-20H2/b9-6+. The summed E-state index contributed by atoms with van der Waals surface area (Å²) in [5.41, 5.74) is 2.44. The average molecular weight is 376 g/mol. The highest BCUT2D eigenvalue weighted by Gasteiger charge is 2.19. The minimum absolute atomic E-state index is 0.347. The average Bonchev–Trinajstić information content (AvgIpc) is 3.13. The van der Waals surface area contributed by atoms with Crippen LogP contribution < -0.4 is 0 Å². The summed E-state index contributed by atoms with van der Waals surface area (Å²) in [6, 6.07) is 20.9. The fourth-order valence-electron chi connectivity index (χ4n) is 3.94. The Morgan fingerprint density at radius 3 is 2.36 bits per heavy atom. The predicted octanol–water partition coefficient (Wildman–Crippen LogP) is 3.33. The number of β-amino-alcohol motifs (C(OH)–C–C–N with tert-alkyl or cyclic N) is 1. The van der Waals surface area contributed by atoms with Gasteiger partial charge in [-0.1, -0.05) is 60.7 Å². The first-order valence-electron chi connectivity index (χ1n) is 10.2. The van der Waals surface area contributed by atoms with Gasteiger partial charge in [-0.2, -0.15) is 0 Å². The van der Waals surface area contributed by atoms with Crippen LogP contribution in [0.25, 0.3) is 17.0 Å². The van der Waals surface area contributed by atoms with Gasteiger partial charge in [-0.3, -0.25) is 9.80 Å². The first-order chi connectivity index (χ1) is 13.8. The van der Waals surface area contributed by atoms with E-state index < -0.39 is 0 Å². The van der Waals surface area contributed by atoms with E-state index in [1.54, 1.807) is 0 Å². The molecule has 0 amide bonds. The Morgan fingerprint density at radius 1 is 0.821 bits per heavy atom. The number of hydrogen-bond acceptors (Lipinski definition) is 3. The number of nitrogens with zero attached hydrogens (tertiary/aromatic N) is 3. The molecule has 2 aromatic carbocycles. The van der Waals surface area contributed by atoms with Gasteiger partial charge in [-0.25, -0.2) is 0 Å². The lowest BCUT2D eigenvalue weighted by atomic mass is 10.2. The summed E-state index contributed by atoms with van der Waals surface area (Å²) < 4.78 is 2.16. The molecule has 0 bridgehead atoms. The fourth-order valence-corrected chi connectivity index (χ4v) is 3.94. The molecule has 1 aliphatic heterocycles. The van der Waals surface area contributed by atoms with E-state index in [1.165, 1.54) is 16.5 Å². The molecule has 1 aromatic heterocycles. The van der Waals surface area contributed by atoms with Crippen LogP contribution in [0.2, 0.25) is 0 Å². The Kier molecular flexibility index (Phi) is 6.22. The second-order valence-electron chi connectivity index (χ2n) is 7.60. The number of piperazine rings is 1. The Labute approximate surface area is 167 Å². The van der Waals surface area contributed by atoms with Crippen molar-refractivity contribution >= 4 is 17.0 Å². The van der Waals surface area contributed by atoms with Gasteiger partial charge in [0.05, 0.1) is 6.10 Å². The number of aliphatic hydroxyl groups is 1. The zero-order chi connectivity index (χ0) is 19.2. The van der Waals surface area contributed by atoms with Crippen LogP contribution in [-0.4, -0.2) is 64.8 Å². The van der Waals surface area contributed by atoms with E-state index in [4.69, 9.17) is 0 Å². The number of hydrogen-bond donors (Lipinski definition) is 1. The number of benzene rings is 2. The highest BCUT2D eigenvalue weighted by molar-refractivity contribution is 5.79. The molecule has 0 spiro atoms. The highest BCUT2D eigenvalue weighted by Crippen LogP contribution is 2.16. The van der Waals surface area contributed by atoms with Crippen molar-refractivity contribution in [1.82, 2.24) is 14.4 Å². The van der Waals surface area contributed by atoms with E-state index in [9.17, 15) is 5.11 Å². The first-order valence-corrected chi connectivity index (χ1v) is 10.2. The third-order valence-corrected chi connectivity index (χ3v) is 5.50. The van der Waals surface area contributed by atoms with Crippen LogP contribution >= 0.6 is 0 Å². The monoisotopic (exact) mass is 375 g/mol. The van der Waals surface area contributed by atoms with Gasteiger partial charge in [0.15, 0.2) is 0 Å². The topological polar surface area (TPSA) is 31.6 Å². The van der Waals surface area contributed by atoms with Crippen molar-refractivity contribution in [2.45, 2.75) is 12.6 Å². The van der Waals surface area contributed by atoms with Crippen LogP contribution in [0.4, 0.5) is 0 Å². The van der Waals surface area contributed by atoms with Crippen LogP contribution in [0, 0.1) is 0 Å². The molecule has 2 heterocycles. The summed E-state index contributed by atoms with van der Waals surface area (Å²) in [7, 11) is 0. The van der Waals surface area contributed by atoms with Crippen LogP contribution in [-0.2, 0) is 6.54 Å². The van der Waals surface area contributed by atoms with E-state index in [0.717, 1.165) is 39.3 Å². The number of para-hydroxylation sites is 1. The van der Waals surface area contributed by atoms with E-state index in [2.05, 4.69) is 87.3 Å². The maximum Gasteiger partial charge on any atom is 0.0845 e. The summed E-state index contributed by atoms with van der Waals surface area (Å²) >= 11 is 0. The zero-order valence-electron chi connectivity index (χ0n) is 16.3. The second-order valence-corrected chi connectivity index (χ2v) is 7.60. The van der Waals surface area contributed by atoms with Crippen LogP contribution in [0.3, 0.4) is 0 Å². The molecule has 4 heteroatoms. The first kappa shape index (κ1) is 18.9. The maximum atomic E-state index is 10.6. The molecule has 4 nitrogen and oxygen atoms in total. The zero-order valence-corrected chi connectivity index (χ0v) is 16.3. The van der Waals surface area contributed by atoms with Crippen molar-refractivity contribution in [2.75, 3.05) is 39.3 Å². The summed E-state index contributed by atoms with van der Waals surface area (Å²) in [5, 5.41) is 11.8. The van der Waals surface area contributed by atoms with Gasteiger partial charge >= 0.3 is 0 Å². The molecule has 1 aliphatic rings. The lowest BCUT2D eigenvalue weighted by Crippen LogP contribution is -2.48. The van der Waals surface area contributed by atoms with Gasteiger partial charge in [0, 0.05) is 57.5 Å². The lowest BCUT2D eigenvalue weighted by Gasteiger charge is -2.35. The van der Waals surface area contributed by atoms with Gasteiger partial charge in [-0.05, 0) is 23.1 Å². The molecule has 1 unspecified atom stereocenters. The maximum absolute atomic E-state index is 10.6. The Bertz CT molecular complexity index is 894. The largest absolute Gasteiger partial charge is 0.390 e. The second kappa shape index (κ2) is 9.20. The van der Waals surface area contributed by atoms with Crippen LogP contribution in [0.5, 0.6) is 0 Å². The van der Waals surface area contributed by atoms with Gasteiger partial charge in [0.25, 0.3) is 0 Å². The third kappa shape index (κ3) is 4.90. The fraction of sp³-hybridized carbons (Fsp3) is 0.333. The highest BCUT2D eigenvalue weighted by atomic mass is 16.3. The van der Waals surface area contributed by atoms with Gasteiger partial charge in [0.1, 0.15) is 0 Å². The molecule has 1 fully saturated rings. The molecule has 4 rings (SSSR count). The smallest absolute Gasteiger partial charge is 0.0845 e. The Morgan fingerprint density at radius 2 is 1.54 bits per heavy atom. The van der Waals surface area contributed by atoms with Crippen LogP contribution in [0.1, 0.15) is 5.56 Å². The van der Waals surface area contributed by atoms with E-state index in [-0.39, 0.29) is 6.10 Å². The summed E-state index contributed by atoms with van der Waals surface area (Å²) in [6.45, 7) is 6.51. The number of aliphatic hydroxyl groups excluding tert-OH is 1. The van der Waals surface area contributed by atoms with Gasteiger partial charge in [0.2, 0.25) is 0 Å². The van der Waals surface area contributed by atoms with Gasteiger partial charge < -0.3 is 9.67 Å². The van der Waals surface area contributed by atoms with Gasteiger partial charge in [-0.15, -0.1) is 0 Å². The van der Waals surface area contributed by atoms with Crippen LogP contribution in [0.15, 0.2) is 72.9 Å². The SMILES string of the molecule is OC(CN1CCN(C/C=C/c2ccccc2)CC1)Cn1ccc2ccccc21. The van der Waals surface area contributed by atoms with Crippen molar-refractivity contribution < 1.29 is 5.11 Å². The minimum Gasteiger partial charge on any atom is -0.390 e. The quantitative estimate of drug-likeness (QED) is 0.687. The molecule has 3 aromatic rings. The molecule has 0 saturated carbocycles. The molecular weight excluding hydrogens is 346 g/mol. The lowest BCUT2D eigenvalue weighted by molar-refractivity contribution is 0.0682. The van der Waals surface area contributed by atoms with E-state index in [0.29, 0.717) is 6.54 Å². The Hall–Kier alpha value is -2.40. The van der Waals surface area contributed by atoms with E-state index >= 15 is 0 Å². The Balaban J connectivity index is 1.21. The van der Waals surface area contributed by atoms with Crippen molar-refractivity contribution in [3.8, 4) is 0 Å².